The van der Waals surface area contributed by atoms with Crippen LogP contribution in [0.15, 0.2) is 30.3 Å². The number of ether oxygens (including phenoxy) is 1. The Balaban J connectivity index is 2.04. The molecule has 0 N–H and O–H groups in total. The standard InChI is InChI=1S/C16H26N2O3S/c1-14-11-17(12-15(2)18(14)9-10-21-3)22(19,20)13-16-7-5-4-6-8-16/h4-8,14-15H,9-13H2,1-3H3. The molecule has 1 fully saturated rings. The molecule has 1 saturated heterocycles. The molecule has 0 aliphatic carbocycles. The molecule has 1 aliphatic heterocycles. The van der Waals surface area contributed by atoms with Gasteiger partial charge in [0.2, 0.25) is 10.0 Å². The molecular weight excluding hydrogens is 300 g/mol. The topological polar surface area (TPSA) is 49.9 Å². The minimum Gasteiger partial charge on any atom is -0.383 e. The van der Waals surface area contributed by atoms with Gasteiger partial charge in [-0.05, 0) is 19.4 Å². The predicted octanol–water partition coefficient (Wildman–Crippen LogP) is 1.56. The summed E-state index contributed by atoms with van der Waals surface area (Å²) in [5.74, 6) is 0.0748. The molecule has 2 unspecified atom stereocenters. The fourth-order valence-electron chi connectivity index (χ4n) is 3.05. The van der Waals surface area contributed by atoms with E-state index in [1.807, 2.05) is 30.3 Å². The van der Waals surface area contributed by atoms with Crippen LogP contribution in [0.3, 0.4) is 0 Å². The van der Waals surface area contributed by atoms with Gasteiger partial charge in [-0.3, -0.25) is 4.90 Å². The molecular formula is C16H26N2O3S. The number of methoxy groups -OCH3 is 1. The average molecular weight is 326 g/mol. The lowest BCUT2D eigenvalue weighted by molar-refractivity contribution is 0.0495. The summed E-state index contributed by atoms with van der Waals surface area (Å²) in [6.45, 7) is 6.76. The highest BCUT2D eigenvalue weighted by atomic mass is 32.2. The van der Waals surface area contributed by atoms with Crippen LogP contribution in [0.1, 0.15) is 19.4 Å². The van der Waals surface area contributed by atoms with Crippen molar-refractivity contribution in [3.05, 3.63) is 35.9 Å². The van der Waals surface area contributed by atoms with Crippen molar-refractivity contribution in [2.75, 3.05) is 33.4 Å². The summed E-state index contributed by atoms with van der Waals surface area (Å²) >= 11 is 0. The lowest BCUT2D eigenvalue weighted by atomic mass is 10.1. The second-order valence-corrected chi connectivity index (χ2v) is 7.96. The number of rotatable bonds is 6. The number of sulfonamides is 1. The average Bonchev–Trinajstić information content (AvgIpc) is 2.47. The summed E-state index contributed by atoms with van der Waals surface area (Å²) in [6.07, 6.45) is 0. The van der Waals surface area contributed by atoms with Crippen molar-refractivity contribution >= 4 is 10.0 Å². The van der Waals surface area contributed by atoms with Crippen LogP contribution in [-0.2, 0) is 20.5 Å². The zero-order chi connectivity index (χ0) is 16.2. The minimum atomic E-state index is -3.27. The third kappa shape index (κ3) is 4.29. The number of hydrogen-bond donors (Lipinski definition) is 0. The Hall–Kier alpha value is -0.950. The van der Waals surface area contributed by atoms with Gasteiger partial charge in [0, 0.05) is 38.8 Å². The van der Waals surface area contributed by atoms with Crippen LogP contribution in [0.5, 0.6) is 0 Å². The third-order valence-corrected chi connectivity index (χ3v) is 5.99. The molecule has 1 aromatic carbocycles. The fourth-order valence-corrected chi connectivity index (χ4v) is 4.73. The first kappa shape index (κ1) is 17.4. The zero-order valence-corrected chi connectivity index (χ0v) is 14.4. The molecule has 124 valence electrons. The third-order valence-electron chi connectivity index (χ3n) is 4.21. The maximum absolute atomic E-state index is 12.6. The highest BCUT2D eigenvalue weighted by molar-refractivity contribution is 7.88. The Labute approximate surface area is 133 Å². The summed E-state index contributed by atoms with van der Waals surface area (Å²) in [4.78, 5) is 2.32. The summed E-state index contributed by atoms with van der Waals surface area (Å²) in [5.41, 5.74) is 0.838. The van der Waals surface area contributed by atoms with E-state index in [-0.39, 0.29) is 17.8 Å². The van der Waals surface area contributed by atoms with E-state index in [0.717, 1.165) is 12.1 Å². The van der Waals surface area contributed by atoms with Gasteiger partial charge in [0.1, 0.15) is 0 Å². The van der Waals surface area contributed by atoms with E-state index in [4.69, 9.17) is 4.74 Å². The molecule has 2 rings (SSSR count). The number of piperazine rings is 1. The molecule has 22 heavy (non-hydrogen) atoms. The Morgan fingerprint density at radius 2 is 1.73 bits per heavy atom. The normalized spacial score (nSPS) is 24.5. The van der Waals surface area contributed by atoms with Crippen molar-refractivity contribution in [2.45, 2.75) is 31.7 Å². The van der Waals surface area contributed by atoms with Gasteiger partial charge < -0.3 is 4.74 Å². The zero-order valence-electron chi connectivity index (χ0n) is 13.6. The first-order valence-corrected chi connectivity index (χ1v) is 9.31. The fraction of sp³-hybridized carbons (Fsp3) is 0.625. The van der Waals surface area contributed by atoms with E-state index in [2.05, 4.69) is 18.7 Å². The number of benzene rings is 1. The van der Waals surface area contributed by atoms with Crippen molar-refractivity contribution in [3.63, 3.8) is 0 Å². The Morgan fingerprint density at radius 3 is 2.27 bits per heavy atom. The summed E-state index contributed by atoms with van der Waals surface area (Å²) in [6, 6.07) is 9.76. The molecule has 1 aliphatic rings. The van der Waals surface area contributed by atoms with E-state index >= 15 is 0 Å². The highest BCUT2D eigenvalue weighted by Crippen LogP contribution is 2.20. The van der Waals surface area contributed by atoms with E-state index in [1.54, 1.807) is 11.4 Å². The highest BCUT2D eigenvalue weighted by Gasteiger charge is 2.34. The van der Waals surface area contributed by atoms with Gasteiger partial charge in [-0.2, -0.15) is 4.31 Å². The Bertz CT molecular complexity index is 550. The van der Waals surface area contributed by atoms with Gasteiger partial charge >= 0.3 is 0 Å². The largest absolute Gasteiger partial charge is 0.383 e. The Morgan fingerprint density at radius 1 is 1.14 bits per heavy atom. The Kier molecular flexibility index (Phi) is 5.97. The van der Waals surface area contributed by atoms with Gasteiger partial charge in [-0.1, -0.05) is 30.3 Å². The van der Waals surface area contributed by atoms with E-state index in [1.165, 1.54) is 0 Å². The molecule has 0 bridgehead atoms. The summed E-state index contributed by atoms with van der Waals surface area (Å²) in [7, 11) is -1.58. The molecule has 1 aromatic rings. The first-order chi connectivity index (χ1) is 10.4. The van der Waals surface area contributed by atoms with E-state index < -0.39 is 10.0 Å². The van der Waals surface area contributed by atoms with Crippen molar-refractivity contribution in [3.8, 4) is 0 Å². The molecule has 0 aromatic heterocycles. The van der Waals surface area contributed by atoms with Gasteiger partial charge in [-0.15, -0.1) is 0 Å². The molecule has 2 atom stereocenters. The number of hydrogen-bond acceptors (Lipinski definition) is 4. The van der Waals surface area contributed by atoms with Crippen LogP contribution in [0.25, 0.3) is 0 Å². The van der Waals surface area contributed by atoms with Crippen molar-refractivity contribution in [1.29, 1.82) is 0 Å². The second kappa shape index (κ2) is 7.55. The molecule has 5 nitrogen and oxygen atoms in total. The monoisotopic (exact) mass is 326 g/mol. The molecule has 0 saturated carbocycles. The molecule has 0 amide bonds. The lowest BCUT2D eigenvalue weighted by Crippen LogP contribution is -2.58. The molecule has 0 radical (unpaired) electrons. The van der Waals surface area contributed by atoms with E-state index in [0.29, 0.717) is 19.7 Å². The van der Waals surface area contributed by atoms with Gasteiger partial charge in [0.25, 0.3) is 0 Å². The minimum absolute atomic E-state index is 0.0748. The first-order valence-electron chi connectivity index (χ1n) is 7.70. The van der Waals surface area contributed by atoms with Crippen molar-refractivity contribution in [1.82, 2.24) is 9.21 Å². The van der Waals surface area contributed by atoms with Crippen molar-refractivity contribution in [2.24, 2.45) is 0 Å². The van der Waals surface area contributed by atoms with Gasteiger partial charge in [-0.25, -0.2) is 8.42 Å². The molecule has 1 heterocycles. The maximum Gasteiger partial charge on any atom is 0.218 e. The summed E-state index contributed by atoms with van der Waals surface area (Å²) in [5, 5.41) is 0. The lowest BCUT2D eigenvalue weighted by Gasteiger charge is -2.43. The maximum atomic E-state index is 12.6. The number of nitrogens with zero attached hydrogens (tertiary/aromatic N) is 2. The van der Waals surface area contributed by atoms with Gasteiger partial charge in [0.15, 0.2) is 0 Å². The predicted molar refractivity (Wildman–Crippen MR) is 88.1 cm³/mol. The van der Waals surface area contributed by atoms with Crippen LogP contribution in [0, 0.1) is 0 Å². The van der Waals surface area contributed by atoms with Crippen LogP contribution in [0.2, 0.25) is 0 Å². The van der Waals surface area contributed by atoms with Crippen LogP contribution in [-0.4, -0.2) is 63.1 Å². The second-order valence-electron chi connectivity index (χ2n) is 5.99. The molecule has 6 heteroatoms. The van der Waals surface area contributed by atoms with Crippen LogP contribution >= 0.6 is 0 Å². The molecule has 0 spiro atoms. The van der Waals surface area contributed by atoms with Gasteiger partial charge in [0.05, 0.1) is 12.4 Å². The van der Waals surface area contributed by atoms with E-state index in [9.17, 15) is 8.42 Å². The quantitative estimate of drug-likeness (QED) is 0.796. The van der Waals surface area contributed by atoms with Crippen LogP contribution in [0.4, 0.5) is 0 Å². The SMILES string of the molecule is COCCN1C(C)CN(S(=O)(=O)Cc2ccccc2)CC1C. The van der Waals surface area contributed by atoms with Crippen molar-refractivity contribution < 1.29 is 13.2 Å². The smallest absolute Gasteiger partial charge is 0.218 e. The summed E-state index contributed by atoms with van der Waals surface area (Å²) < 4.78 is 32.1. The van der Waals surface area contributed by atoms with Crippen LogP contribution < -0.4 is 0 Å².